The highest BCUT2D eigenvalue weighted by atomic mass is 19.3. The molecule has 2 atom stereocenters. The molecule has 2 unspecified atom stereocenters. The van der Waals surface area contributed by atoms with Crippen molar-refractivity contribution in [1.29, 1.82) is 0 Å². The van der Waals surface area contributed by atoms with E-state index in [0.717, 1.165) is 0 Å². The molecule has 1 aliphatic rings. The average Bonchev–Trinajstić information content (AvgIpc) is 1.97. The lowest BCUT2D eigenvalue weighted by Gasteiger charge is -2.18. The van der Waals surface area contributed by atoms with Gasteiger partial charge < -0.3 is 0 Å². The third kappa shape index (κ3) is 0.905. The van der Waals surface area contributed by atoms with Crippen molar-refractivity contribution in [3.05, 3.63) is 0 Å². The minimum atomic E-state index is -3.16. The largest absolute Gasteiger partial charge is 0.295 e. The Morgan fingerprint density at radius 1 is 1.50 bits per heavy atom. The van der Waals surface area contributed by atoms with Gasteiger partial charge in [-0.1, -0.05) is 0 Å². The highest BCUT2D eigenvalue weighted by molar-refractivity contribution is 4.96. The first-order valence-electron chi connectivity index (χ1n) is 3.18. The minimum absolute atomic E-state index is 0.159. The third-order valence-electron chi connectivity index (χ3n) is 2.08. The Hall–Kier alpha value is -0.250. The van der Waals surface area contributed by atoms with Gasteiger partial charge in [-0.05, 0) is 14.0 Å². The molecular formula is C6H10F3N. The zero-order valence-electron chi connectivity index (χ0n) is 5.94. The van der Waals surface area contributed by atoms with E-state index in [-0.39, 0.29) is 6.54 Å². The first kappa shape index (κ1) is 7.85. The van der Waals surface area contributed by atoms with E-state index in [4.69, 9.17) is 0 Å². The molecule has 0 N–H and O–H groups in total. The van der Waals surface area contributed by atoms with Crippen LogP contribution in [0.3, 0.4) is 0 Å². The zero-order valence-corrected chi connectivity index (χ0v) is 5.94. The Labute approximate surface area is 57.8 Å². The summed E-state index contributed by atoms with van der Waals surface area (Å²) in [6.45, 7) is 1.17. The summed E-state index contributed by atoms with van der Waals surface area (Å²) >= 11 is 0. The van der Waals surface area contributed by atoms with Crippen LogP contribution in [0.5, 0.6) is 0 Å². The third-order valence-corrected chi connectivity index (χ3v) is 2.08. The lowest BCUT2D eigenvalue weighted by Crippen LogP contribution is -2.36. The van der Waals surface area contributed by atoms with Crippen LogP contribution in [-0.4, -0.2) is 36.6 Å². The molecule has 1 saturated heterocycles. The van der Waals surface area contributed by atoms with Gasteiger partial charge in [-0.3, -0.25) is 4.90 Å². The molecule has 0 aromatic rings. The molecule has 0 amide bonds. The summed E-state index contributed by atoms with van der Waals surface area (Å²) in [7, 11) is 1.50. The van der Waals surface area contributed by atoms with Crippen LogP contribution in [0.1, 0.15) is 6.92 Å². The van der Waals surface area contributed by atoms with E-state index in [9.17, 15) is 13.2 Å². The van der Waals surface area contributed by atoms with Crippen LogP contribution in [0.2, 0.25) is 0 Å². The summed E-state index contributed by atoms with van der Waals surface area (Å²) < 4.78 is 37.5. The molecule has 10 heavy (non-hydrogen) atoms. The monoisotopic (exact) mass is 153 g/mol. The smallest absolute Gasteiger partial charge is 0.294 e. The molecule has 1 fully saturated rings. The maximum absolute atomic E-state index is 12.6. The van der Waals surface area contributed by atoms with Crippen molar-refractivity contribution in [3.63, 3.8) is 0 Å². The fourth-order valence-electron chi connectivity index (χ4n) is 1.09. The van der Waals surface area contributed by atoms with Gasteiger partial charge in [0.15, 0.2) is 6.17 Å². The Balaban J connectivity index is 2.75. The van der Waals surface area contributed by atoms with Gasteiger partial charge in [0.1, 0.15) is 0 Å². The van der Waals surface area contributed by atoms with E-state index >= 15 is 0 Å². The van der Waals surface area contributed by atoms with Crippen LogP contribution >= 0.6 is 0 Å². The number of nitrogens with zero attached hydrogens (tertiary/aromatic N) is 1. The summed E-state index contributed by atoms with van der Waals surface area (Å²) in [5.41, 5.74) is 0. The van der Waals surface area contributed by atoms with Crippen LogP contribution in [0.25, 0.3) is 0 Å². The van der Waals surface area contributed by atoms with Gasteiger partial charge in [-0.2, -0.15) is 0 Å². The number of alkyl halides is 3. The summed E-state index contributed by atoms with van der Waals surface area (Å²) in [6, 6.07) is -0.970. The zero-order chi connectivity index (χ0) is 7.94. The van der Waals surface area contributed by atoms with Crippen molar-refractivity contribution in [2.24, 2.45) is 0 Å². The van der Waals surface area contributed by atoms with Crippen LogP contribution in [-0.2, 0) is 0 Å². The fraction of sp³-hybridized carbons (Fsp3) is 1.00. The highest BCUT2D eigenvalue weighted by Crippen LogP contribution is 2.34. The van der Waals surface area contributed by atoms with E-state index in [2.05, 4.69) is 0 Å². The topological polar surface area (TPSA) is 3.24 Å². The van der Waals surface area contributed by atoms with Gasteiger partial charge >= 0.3 is 0 Å². The molecule has 0 aromatic carbocycles. The molecule has 4 heteroatoms. The Kier molecular flexibility index (Phi) is 1.66. The number of likely N-dealkylation sites (tertiary alicyclic amines) is 1. The maximum atomic E-state index is 12.6. The number of hydrogen-bond acceptors (Lipinski definition) is 1. The normalized spacial score (nSPS) is 40.5. The van der Waals surface area contributed by atoms with E-state index in [1.165, 1.54) is 18.9 Å². The maximum Gasteiger partial charge on any atom is 0.294 e. The fourth-order valence-corrected chi connectivity index (χ4v) is 1.09. The minimum Gasteiger partial charge on any atom is -0.295 e. The Bertz CT molecular complexity index is 137. The van der Waals surface area contributed by atoms with Crippen molar-refractivity contribution in [1.82, 2.24) is 4.90 Å². The number of halogens is 3. The molecule has 0 bridgehead atoms. The predicted molar refractivity (Wildman–Crippen MR) is 31.9 cm³/mol. The molecule has 0 saturated carbocycles. The summed E-state index contributed by atoms with van der Waals surface area (Å²) in [4.78, 5) is 1.32. The second-order valence-electron chi connectivity index (χ2n) is 2.76. The van der Waals surface area contributed by atoms with Gasteiger partial charge in [0, 0.05) is 6.54 Å². The Morgan fingerprint density at radius 2 is 2.00 bits per heavy atom. The van der Waals surface area contributed by atoms with Gasteiger partial charge in [0.05, 0.1) is 6.04 Å². The van der Waals surface area contributed by atoms with E-state index in [0.29, 0.717) is 0 Å². The quantitative estimate of drug-likeness (QED) is 0.507. The molecule has 60 valence electrons. The summed E-state index contributed by atoms with van der Waals surface area (Å²) in [6.07, 6.45) is -1.99. The van der Waals surface area contributed by atoms with Crippen LogP contribution < -0.4 is 0 Å². The van der Waals surface area contributed by atoms with Crippen LogP contribution in [0.15, 0.2) is 0 Å². The van der Waals surface area contributed by atoms with Gasteiger partial charge in [0.2, 0.25) is 0 Å². The summed E-state index contributed by atoms with van der Waals surface area (Å²) in [5, 5.41) is 0. The van der Waals surface area contributed by atoms with Gasteiger partial charge in [-0.15, -0.1) is 0 Å². The molecule has 0 aliphatic carbocycles. The molecule has 1 rings (SSSR count). The first-order valence-corrected chi connectivity index (χ1v) is 3.18. The SMILES string of the molecule is CC1N(C)CC(F)C1(F)F. The molecule has 0 radical (unpaired) electrons. The lowest BCUT2D eigenvalue weighted by atomic mass is 10.2. The van der Waals surface area contributed by atoms with Crippen molar-refractivity contribution < 1.29 is 13.2 Å². The summed E-state index contributed by atoms with van der Waals surface area (Å²) in [5.74, 6) is -3.16. The standard InChI is InChI=1S/C6H10F3N/c1-4-6(8,9)5(7)3-10(4)2/h4-5H,3H2,1-2H3. The van der Waals surface area contributed by atoms with Crippen molar-refractivity contribution in [3.8, 4) is 0 Å². The highest BCUT2D eigenvalue weighted by Gasteiger charge is 2.53. The van der Waals surface area contributed by atoms with E-state index in [1.54, 1.807) is 0 Å². The van der Waals surface area contributed by atoms with Crippen LogP contribution in [0, 0.1) is 0 Å². The second kappa shape index (κ2) is 2.12. The molecule has 1 nitrogen and oxygen atoms in total. The first-order chi connectivity index (χ1) is 4.46. The predicted octanol–water partition coefficient (Wildman–Crippen LogP) is 1.29. The van der Waals surface area contributed by atoms with Gasteiger partial charge in [0.25, 0.3) is 5.92 Å². The van der Waals surface area contributed by atoms with E-state index in [1.807, 2.05) is 0 Å². The van der Waals surface area contributed by atoms with E-state index < -0.39 is 18.1 Å². The molecule has 1 aliphatic heterocycles. The Morgan fingerprint density at radius 3 is 2.10 bits per heavy atom. The molecule has 0 aromatic heterocycles. The van der Waals surface area contributed by atoms with Crippen LogP contribution in [0.4, 0.5) is 13.2 Å². The van der Waals surface area contributed by atoms with Crippen molar-refractivity contribution in [2.75, 3.05) is 13.6 Å². The molecule has 0 spiro atoms. The number of rotatable bonds is 0. The van der Waals surface area contributed by atoms with Crippen molar-refractivity contribution >= 4 is 0 Å². The second-order valence-corrected chi connectivity index (χ2v) is 2.76. The molecular weight excluding hydrogens is 143 g/mol. The molecule has 1 heterocycles. The van der Waals surface area contributed by atoms with Gasteiger partial charge in [-0.25, -0.2) is 13.2 Å². The van der Waals surface area contributed by atoms with Crippen molar-refractivity contribution in [2.45, 2.75) is 25.1 Å². The lowest BCUT2D eigenvalue weighted by molar-refractivity contribution is -0.0658. The number of hydrogen-bond donors (Lipinski definition) is 0. The average molecular weight is 153 g/mol.